The minimum absolute atomic E-state index is 0.270. The molecule has 1 heterocycles. The zero-order valence-corrected chi connectivity index (χ0v) is 10.4. The van der Waals surface area contributed by atoms with E-state index in [0.717, 1.165) is 18.7 Å². The first-order valence-corrected chi connectivity index (χ1v) is 6.27. The topological polar surface area (TPSA) is 21.3 Å². The molecule has 0 spiro atoms. The maximum absolute atomic E-state index is 13.2. The molecule has 0 atom stereocenters. The second-order valence-electron chi connectivity index (χ2n) is 3.61. The van der Waals surface area contributed by atoms with Gasteiger partial charge in [-0.25, -0.2) is 4.39 Å². The molecule has 90 valence electrons. The van der Waals surface area contributed by atoms with Gasteiger partial charge in [-0.05, 0) is 30.0 Å². The first-order chi connectivity index (χ1) is 8.29. The lowest BCUT2D eigenvalue weighted by Crippen LogP contribution is -2.04. The molecule has 0 saturated carbocycles. The zero-order chi connectivity index (χ0) is 12.1. The Morgan fingerprint density at radius 3 is 2.94 bits per heavy atom. The molecule has 0 fully saturated rings. The van der Waals surface area contributed by atoms with Gasteiger partial charge in [0.05, 0.1) is 7.11 Å². The number of thiophene rings is 1. The van der Waals surface area contributed by atoms with Crippen LogP contribution in [0.4, 0.5) is 10.1 Å². The lowest BCUT2D eigenvalue weighted by atomic mass is 10.2. The van der Waals surface area contributed by atoms with Crippen LogP contribution in [0.5, 0.6) is 5.75 Å². The Morgan fingerprint density at radius 2 is 2.24 bits per heavy atom. The second-order valence-corrected chi connectivity index (χ2v) is 4.64. The quantitative estimate of drug-likeness (QED) is 0.877. The molecule has 0 aliphatic heterocycles. The van der Waals surface area contributed by atoms with E-state index in [2.05, 4.69) is 16.8 Å². The minimum atomic E-state index is -0.337. The summed E-state index contributed by atoms with van der Waals surface area (Å²) >= 11 is 1.74. The molecule has 1 aromatic heterocycles. The highest BCUT2D eigenvalue weighted by Crippen LogP contribution is 2.21. The summed E-state index contributed by atoms with van der Waals surface area (Å²) in [7, 11) is 1.47. The fourth-order valence-corrected chi connectivity index (χ4v) is 2.26. The van der Waals surface area contributed by atoms with Crippen molar-refractivity contribution in [1.82, 2.24) is 0 Å². The maximum atomic E-state index is 13.2. The summed E-state index contributed by atoms with van der Waals surface area (Å²) in [6.07, 6.45) is 0.970. The number of ether oxygens (including phenoxy) is 1. The van der Waals surface area contributed by atoms with Crippen molar-refractivity contribution in [3.63, 3.8) is 0 Å². The third kappa shape index (κ3) is 3.20. The predicted molar refractivity (Wildman–Crippen MR) is 69.5 cm³/mol. The highest BCUT2D eigenvalue weighted by Gasteiger charge is 2.02. The van der Waals surface area contributed by atoms with Gasteiger partial charge in [0, 0.05) is 23.2 Å². The van der Waals surface area contributed by atoms with Gasteiger partial charge < -0.3 is 10.1 Å². The lowest BCUT2D eigenvalue weighted by molar-refractivity contribution is 0.387. The van der Waals surface area contributed by atoms with Gasteiger partial charge in [-0.2, -0.15) is 0 Å². The molecule has 0 saturated heterocycles. The van der Waals surface area contributed by atoms with Gasteiger partial charge in [-0.15, -0.1) is 11.3 Å². The normalized spacial score (nSPS) is 10.2. The first-order valence-electron chi connectivity index (χ1n) is 5.39. The molecule has 0 amide bonds. The number of benzene rings is 1. The van der Waals surface area contributed by atoms with Gasteiger partial charge in [-0.3, -0.25) is 0 Å². The molecule has 0 aliphatic carbocycles. The summed E-state index contributed by atoms with van der Waals surface area (Å²) in [6, 6.07) is 8.95. The molecule has 4 heteroatoms. The monoisotopic (exact) mass is 251 g/mol. The summed E-state index contributed by atoms with van der Waals surface area (Å²) in [6.45, 7) is 0.829. The van der Waals surface area contributed by atoms with Crippen LogP contribution in [0.1, 0.15) is 4.88 Å². The van der Waals surface area contributed by atoms with Crippen LogP contribution in [0.3, 0.4) is 0 Å². The average molecular weight is 251 g/mol. The Balaban J connectivity index is 1.90. The van der Waals surface area contributed by atoms with E-state index >= 15 is 0 Å². The summed E-state index contributed by atoms with van der Waals surface area (Å²) in [5, 5.41) is 5.31. The van der Waals surface area contributed by atoms with E-state index < -0.39 is 0 Å². The Morgan fingerprint density at radius 1 is 1.35 bits per heavy atom. The van der Waals surface area contributed by atoms with E-state index in [0.29, 0.717) is 0 Å². The average Bonchev–Trinajstić information content (AvgIpc) is 2.84. The molecule has 2 aromatic rings. The Hall–Kier alpha value is -1.55. The Labute approximate surface area is 104 Å². The third-order valence-electron chi connectivity index (χ3n) is 2.43. The van der Waals surface area contributed by atoms with Gasteiger partial charge in [0.1, 0.15) is 0 Å². The van der Waals surface area contributed by atoms with Crippen LogP contribution in [-0.4, -0.2) is 13.7 Å². The summed E-state index contributed by atoms with van der Waals surface area (Å²) in [5.41, 5.74) is 0.875. The van der Waals surface area contributed by atoms with Crippen molar-refractivity contribution < 1.29 is 9.13 Å². The van der Waals surface area contributed by atoms with Crippen molar-refractivity contribution in [2.24, 2.45) is 0 Å². The zero-order valence-electron chi connectivity index (χ0n) is 9.57. The van der Waals surface area contributed by atoms with E-state index in [4.69, 9.17) is 4.74 Å². The molecule has 17 heavy (non-hydrogen) atoms. The van der Waals surface area contributed by atoms with Crippen LogP contribution in [-0.2, 0) is 6.42 Å². The Kier molecular flexibility index (Phi) is 3.98. The van der Waals surface area contributed by atoms with E-state index in [9.17, 15) is 4.39 Å². The van der Waals surface area contributed by atoms with E-state index in [1.54, 1.807) is 23.5 Å². The summed E-state index contributed by atoms with van der Waals surface area (Å²) < 4.78 is 18.1. The molecule has 0 aliphatic rings. The van der Waals surface area contributed by atoms with Crippen molar-refractivity contribution in [1.29, 1.82) is 0 Å². The fourth-order valence-electron chi connectivity index (χ4n) is 1.55. The highest BCUT2D eigenvalue weighted by atomic mass is 32.1. The standard InChI is InChI=1S/C13H14FNOS/c1-16-13-9-10(4-5-12(13)14)15-7-6-11-3-2-8-17-11/h2-5,8-9,15H,6-7H2,1H3. The number of halogens is 1. The second kappa shape index (κ2) is 5.68. The van der Waals surface area contributed by atoms with Crippen molar-refractivity contribution in [3.8, 4) is 5.75 Å². The fraction of sp³-hybridized carbons (Fsp3) is 0.231. The number of hydrogen-bond donors (Lipinski definition) is 1. The number of nitrogens with one attached hydrogen (secondary N) is 1. The van der Waals surface area contributed by atoms with E-state index in [-0.39, 0.29) is 11.6 Å². The molecule has 0 unspecified atom stereocenters. The lowest BCUT2D eigenvalue weighted by Gasteiger charge is -2.08. The van der Waals surface area contributed by atoms with E-state index in [1.807, 2.05) is 6.07 Å². The molecular weight excluding hydrogens is 237 g/mol. The van der Waals surface area contributed by atoms with Gasteiger partial charge in [-0.1, -0.05) is 6.07 Å². The molecule has 2 nitrogen and oxygen atoms in total. The summed E-state index contributed by atoms with van der Waals surface area (Å²) in [5.74, 6) is -0.0672. The van der Waals surface area contributed by atoms with Crippen LogP contribution in [0, 0.1) is 5.82 Å². The van der Waals surface area contributed by atoms with Crippen LogP contribution < -0.4 is 10.1 Å². The van der Waals surface area contributed by atoms with Crippen LogP contribution in [0.15, 0.2) is 35.7 Å². The van der Waals surface area contributed by atoms with Crippen molar-refractivity contribution in [3.05, 3.63) is 46.4 Å². The van der Waals surface area contributed by atoms with Gasteiger partial charge >= 0.3 is 0 Å². The smallest absolute Gasteiger partial charge is 0.165 e. The van der Waals surface area contributed by atoms with Gasteiger partial charge in [0.15, 0.2) is 11.6 Å². The molecule has 0 bridgehead atoms. The number of anilines is 1. The molecule has 0 radical (unpaired) electrons. The van der Waals surface area contributed by atoms with Gasteiger partial charge in [0.25, 0.3) is 0 Å². The number of hydrogen-bond acceptors (Lipinski definition) is 3. The Bertz CT molecular complexity index is 470. The number of rotatable bonds is 5. The van der Waals surface area contributed by atoms with Crippen LogP contribution >= 0.6 is 11.3 Å². The van der Waals surface area contributed by atoms with Gasteiger partial charge in [0.2, 0.25) is 0 Å². The predicted octanol–water partition coefficient (Wildman–Crippen LogP) is 3.55. The highest BCUT2D eigenvalue weighted by molar-refractivity contribution is 7.09. The largest absolute Gasteiger partial charge is 0.494 e. The van der Waals surface area contributed by atoms with Crippen LogP contribution in [0.25, 0.3) is 0 Å². The molecule has 1 N–H and O–H groups in total. The van der Waals surface area contributed by atoms with Crippen molar-refractivity contribution in [2.45, 2.75) is 6.42 Å². The van der Waals surface area contributed by atoms with Crippen LogP contribution in [0.2, 0.25) is 0 Å². The molecular formula is C13H14FNOS. The summed E-state index contributed by atoms with van der Waals surface area (Å²) in [4.78, 5) is 1.34. The van der Waals surface area contributed by atoms with E-state index in [1.165, 1.54) is 18.1 Å². The van der Waals surface area contributed by atoms with Crippen molar-refractivity contribution >= 4 is 17.0 Å². The third-order valence-corrected chi connectivity index (χ3v) is 3.37. The molecule has 1 aromatic carbocycles. The SMILES string of the molecule is COc1cc(NCCc2cccs2)ccc1F. The first kappa shape index (κ1) is 11.9. The number of methoxy groups -OCH3 is 1. The minimum Gasteiger partial charge on any atom is -0.494 e. The molecule has 2 rings (SSSR count). The van der Waals surface area contributed by atoms with Crippen molar-refractivity contribution in [2.75, 3.05) is 19.0 Å². The maximum Gasteiger partial charge on any atom is 0.165 e.